The SMILES string of the molecule is C=C/C(=C\C(=C)CC(=O)OCC)c1cc(CCCCCCc2ccc(OC)c(C3=CCCC(CC(=O)OCC)=C3)c2)ccc1OC. The van der Waals surface area contributed by atoms with Gasteiger partial charge in [-0.2, -0.15) is 0 Å². The average molecular weight is 627 g/mol. The third-order valence-electron chi connectivity index (χ3n) is 7.95. The van der Waals surface area contributed by atoms with Gasteiger partial charge in [-0.15, -0.1) is 0 Å². The first kappa shape index (κ1) is 36.2. The Labute approximate surface area is 275 Å². The van der Waals surface area contributed by atoms with E-state index >= 15 is 0 Å². The highest BCUT2D eigenvalue weighted by Gasteiger charge is 2.15. The second-order valence-corrected chi connectivity index (χ2v) is 11.4. The van der Waals surface area contributed by atoms with E-state index in [4.69, 9.17) is 18.9 Å². The van der Waals surface area contributed by atoms with Crippen molar-refractivity contribution in [2.45, 2.75) is 78.1 Å². The lowest BCUT2D eigenvalue weighted by Gasteiger charge is -2.17. The molecule has 1 aliphatic carbocycles. The van der Waals surface area contributed by atoms with Crippen LogP contribution >= 0.6 is 0 Å². The highest BCUT2D eigenvalue weighted by Crippen LogP contribution is 2.34. The van der Waals surface area contributed by atoms with E-state index in [9.17, 15) is 9.59 Å². The minimum absolute atomic E-state index is 0.137. The molecule has 0 aliphatic heterocycles. The van der Waals surface area contributed by atoms with Crippen molar-refractivity contribution >= 4 is 23.1 Å². The van der Waals surface area contributed by atoms with Crippen LogP contribution in [0.15, 0.2) is 85.0 Å². The largest absolute Gasteiger partial charge is 0.496 e. The summed E-state index contributed by atoms with van der Waals surface area (Å²) in [7, 11) is 3.36. The Balaban J connectivity index is 1.56. The zero-order chi connectivity index (χ0) is 33.3. The molecule has 0 atom stereocenters. The van der Waals surface area contributed by atoms with Gasteiger partial charge >= 0.3 is 11.9 Å². The van der Waals surface area contributed by atoms with Crippen molar-refractivity contribution in [1.29, 1.82) is 0 Å². The predicted octanol–water partition coefficient (Wildman–Crippen LogP) is 9.19. The van der Waals surface area contributed by atoms with Crippen molar-refractivity contribution in [3.8, 4) is 11.5 Å². The number of allylic oxidation sites excluding steroid dienone is 6. The van der Waals surface area contributed by atoms with Crippen LogP contribution in [0.2, 0.25) is 0 Å². The van der Waals surface area contributed by atoms with Gasteiger partial charge < -0.3 is 18.9 Å². The van der Waals surface area contributed by atoms with Crippen molar-refractivity contribution in [3.63, 3.8) is 0 Å². The number of carbonyl (C=O) groups is 2. The summed E-state index contributed by atoms with van der Waals surface area (Å²) in [6.45, 7) is 12.4. The molecule has 2 aromatic carbocycles. The molecule has 0 saturated carbocycles. The molecule has 0 bridgehead atoms. The van der Waals surface area contributed by atoms with E-state index < -0.39 is 0 Å². The number of hydrogen-bond donors (Lipinski definition) is 0. The molecule has 0 amide bonds. The van der Waals surface area contributed by atoms with Gasteiger partial charge in [-0.05, 0) is 104 Å². The van der Waals surface area contributed by atoms with E-state index in [-0.39, 0.29) is 18.4 Å². The van der Waals surface area contributed by atoms with Crippen molar-refractivity contribution in [2.24, 2.45) is 0 Å². The Morgan fingerprint density at radius 2 is 1.48 bits per heavy atom. The first-order valence-corrected chi connectivity index (χ1v) is 16.4. The van der Waals surface area contributed by atoms with Crippen LogP contribution in [-0.2, 0) is 31.9 Å². The van der Waals surface area contributed by atoms with Gasteiger partial charge in [-0.1, -0.05) is 68.0 Å². The smallest absolute Gasteiger partial charge is 0.310 e. The molecule has 0 aromatic heterocycles. The van der Waals surface area contributed by atoms with Crippen molar-refractivity contribution < 1.29 is 28.5 Å². The summed E-state index contributed by atoms with van der Waals surface area (Å²) in [6, 6.07) is 12.7. The fraction of sp³-hybridized carbons (Fsp3) is 0.400. The van der Waals surface area contributed by atoms with Gasteiger partial charge in [0.25, 0.3) is 0 Å². The fourth-order valence-electron chi connectivity index (χ4n) is 5.69. The summed E-state index contributed by atoms with van der Waals surface area (Å²) in [5.74, 6) is 1.14. The summed E-state index contributed by atoms with van der Waals surface area (Å²) in [4.78, 5) is 23.9. The van der Waals surface area contributed by atoms with Gasteiger partial charge in [0.15, 0.2) is 0 Å². The molecule has 6 heteroatoms. The molecule has 0 fully saturated rings. The minimum Gasteiger partial charge on any atom is -0.496 e. The van der Waals surface area contributed by atoms with Crippen LogP contribution in [0.5, 0.6) is 11.5 Å². The van der Waals surface area contributed by atoms with Gasteiger partial charge in [-0.25, -0.2) is 0 Å². The normalized spacial score (nSPS) is 12.9. The minimum atomic E-state index is -0.291. The molecule has 46 heavy (non-hydrogen) atoms. The highest BCUT2D eigenvalue weighted by molar-refractivity contribution is 5.82. The van der Waals surface area contributed by atoms with E-state index in [1.165, 1.54) is 11.1 Å². The third kappa shape index (κ3) is 11.2. The van der Waals surface area contributed by atoms with Gasteiger partial charge in [0, 0.05) is 11.1 Å². The van der Waals surface area contributed by atoms with Gasteiger partial charge in [0.1, 0.15) is 11.5 Å². The van der Waals surface area contributed by atoms with Crippen molar-refractivity contribution in [3.05, 3.63) is 107 Å². The molecule has 3 rings (SSSR count). The van der Waals surface area contributed by atoms with Gasteiger partial charge in [-0.3, -0.25) is 9.59 Å². The van der Waals surface area contributed by atoms with E-state index in [1.807, 2.05) is 19.1 Å². The molecule has 0 radical (unpaired) electrons. The van der Waals surface area contributed by atoms with Crippen LogP contribution in [-0.4, -0.2) is 39.4 Å². The highest BCUT2D eigenvalue weighted by atomic mass is 16.5. The summed E-state index contributed by atoms with van der Waals surface area (Å²) in [5, 5.41) is 0. The third-order valence-corrected chi connectivity index (χ3v) is 7.95. The number of carbonyl (C=O) groups excluding carboxylic acids is 2. The topological polar surface area (TPSA) is 71.1 Å². The van der Waals surface area contributed by atoms with Gasteiger partial charge in [0.05, 0.1) is 40.3 Å². The van der Waals surface area contributed by atoms with Crippen LogP contribution in [0.4, 0.5) is 0 Å². The molecular formula is C40H50O6. The molecule has 0 heterocycles. The molecule has 0 saturated heterocycles. The summed E-state index contributed by atoms with van der Waals surface area (Å²) in [5.41, 5.74) is 8.27. The van der Waals surface area contributed by atoms with E-state index in [1.54, 1.807) is 27.2 Å². The number of aryl methyl sites for hydroxylation is 2. The molecular weight excluding hydrogens is 576 g/mol. The molecule has 0 spiro atoms. The monoisotopic (exact) mass is 626 g/mol. The Morgan fingerprint density at radius 3 is 2.11 bits per heavy atom. The summed E-state index contributed by atoms with van der Waals surface area (Å²) >= 11 is 0. The number of methoxy groups -OCH3 is 2. The molecule has 1 aliphatic rings. The van der Waals surface area contributed by atoms with Gasteiger partial charge in [0.2, 0.25) is 0 Å². The van der Waals surface area contributed by atoms with Crippen LogP contribution in [0.3, 0.4) is 0 Å². The second-order valence-electron chi connectivity index (χ2n) is 11.4. The quantitative estimate of drug-likeness (QED) is 0.0880. The Hall–Kier alpha value is -4.32. The fourth-order valence-corrected chi connectivity index (χ4v) is 5.69. The molecule has 0 N–H and O–H groups in total. The Morgan fingerprint density at radius 1 is 0.848 bits per heavy atom. The number of hydrogen-bond acceptors (Lipinski definition) is 6. The Kier molecular flexibility index (Phi) is 15.1. The van der Waals surface area contributed by atoms with E-state index in [2.05, 4.69) is 55.6 Å². The summed E-state index contributed by atoms with van der Waals surface area (Å²) < 4.78 is 21.5. The number of rotatable bonds is 19. The zero-order valence-electron chi connectivity index (χ0n) is 28.1. The summed E-state index contributed by atoms with van der Waals surface area (Å²) in [6.07, 6.45) is 16.7. The van der Waals surface area contributed by atoms with Crippen LogP contribution in [0, 0.1) is 0 Å². The number of esters is 2. The molecule has 2 aromatic rings. The van der Waals surface area contributed by atoms with Crippen LogP contribution in [0.1, 0.15) is 87.5 Å². The predicted molar refractivity (Wildman–Crippen MR) is 187 cm³/mol. The standard InChI is InChI=1S/C40H50O6/c1-7-33(23-29(4)24-39(41)45-8-2)35-26-30(19-21-37(35)43-5)15-12-10-11-13-16-31-20-22-38(44-6)36(27-31)34-18-14-17-32(25-34)28-40(42)46-9-3/h7,18-23,25-27H,1,4,8-17,24,28H2,2-3,5-6H3/b33-23+. The number of benzene rings is 2. The molecule has 6 nitrogen and oxygen atoms in total. The van der Waals surface area contributed by atoms with Crippen molar-refractivity contribution in [1.82, 2.24) is 0 Å². The Bertz CT molecular complexity index is 1460. The maximum absolute atomic E-state index is 12.0. The second kappa shape index (κ2) is 19.3. The average Bonchev–Trinajstić information content (AvgIpc) is 3.05. The number of unbranched alkanes of at least 4 members (excludes halogenated alkanes) is 3. The lowest BCUT2D eigenvalue weighted by atomic mass is 9.91. The van der Waals surface area contributed by atoms with Crippen molar-refractivity contribution in [2.75, 3.05) is 27.4 Å². The van der Waals surface area contributed by atoms with Crippen LogP contribution < -0.4 is 9.47 Å². The maximum atomic E-state index is 12.0. The van der Waals surface area contributed by atoms with E-state index in [0.717, 1.165) is 90.7 Å². The zero-order valence-corrected chi connectivity index (χ0v) is 28.1. The molecule has 246 valence electrons. The van der Waals surface area contributed by atoms with Crippen LogP contribution in [0.25, 0.3) is 11.1 Å². The molecule has 0 unspecified atom stereocenters. The maximum Gasteiger partial charge on any atom is 0.310 e. The first-order valence-electron chi connectivity index (χ1n) is 16.4. The van der Waals surface area contributed by atoms with E-state index in [0.29, 0.717) is 25.2 Å². The first-order chi connectivity index (χ1) is 22.3. The lowest BCUT2D eigenvalue weighted by Crippen LogP contribution is -2.06. The number of ether oxygens (including phenoxy) is 4. The lowest BCUT2D eigenvalue weighted by molar-refractivity contribution is -0.143.